The molecule has 0 saturated carbocycles. The SMILES string of the molecule is Fc1ccc(C(F)(F)F)cc1-c1csc(Nc2cc(Cl)cc(Cl)c2)n1. The zero-order chi connectivity index (χ0) is 18.2. The molecule has 0 saturated heterocycles. The predicted molar refractivity (Wildman–Crippen MR) is 92.3 cm³/mol. The van der Waals surface area contributed by atoms with Crippen LogP contribution >= 0.6 is 34.5 Å². The quantitative estimate of drug-likeness (QED) is 0.472. The van der Waals surface area contributed by atoms with Crippen LogP contribution < -0.4 is 5.32 Å². The van der Waals surface area contributed by atoms with Gasteiger partial charge in [-0.15, -0.1) is 11.3 Å². The number of thiazole rings is 1. The van der Waals surface area contributed by atoms with Crippen molar-refractivity contribution in [1.29, 1.82) is 0 Å². The minimum absolute atomic E-state index is 0.101. The molecule has 0 radical (unpaired) electrons. The Morgan fingerprint density at radius 1 is 1.00 bits per heavy atom. The number of hydrogen-bond acceptors (Lipinski definition) is 3. The van der Waals surface area contributed by atoms with Crippen molar-refractivity contribution in [2.24, 2.45) is 0 Å². The van der Waals surface area contributed by atoms with E-state index in [1.165, 1.54) is 5.38 Å². The standard InChI is InChI=1S/C16H8Cl2F4N2S/c17-9-4-10(18)6-11(5-9)23-15-24-14(7-25-15)12-3-8(16(20,21)22)1-2-13(12)19/h1-7H,(H,23,24). The third-order valence-electron chi connectivity index (χ3n) is 3.19. The van der Waals surface area contributed by atoms with E-state index >= 15 is 0 Å². The molecule has 0 aliphatic heterocycles. The second-order valence-corrected chi connectivity index (χ2v) is 6.74. The lowest BCUT2D eigenvalue weighted by molar-refractivity contribution is -0.137. The predicted octanol–water partition coefficient (Wildman–Crippen LogP) is 7.02. The lowest BCUT2D eigenvalue weighted by atomic mass is 10.1. The second-order valence-electron chi connectivity index (χ2n) is 5.01. The molecule has 0 fully saturated rings. The summed E-state index contributed by atoms with van der Waals surface area (Å²) in [7, 11) is 0. The van der Waals surface area contributed by atoms with Crippen molar-refractivity contribution in [2.45, 2.75) is 6.18 Å². The summed E-state index contributed by atoms with van der Waals surface area (Å²) in [6.07, 6.45) is -4.56. The van der Waals surface area contributed by atoms with Crippen LogP contribution in [0.4, 0.5) is 28.4 Å². The molecule has 0 aliphatic carbocycles. The number of anilines is 2. The Kier molecular flexibility index (Phi) is 4.90. The summed E-state index contributed by atoms with van der Waals surface area (Å²) in [6, 6.07) is 6.99. The van der Waals surface area contributed by atoms with Gasteiger partial charge in [-0.25, -0.2) is 9.37 Å². The summed E-state index contributed by atoms with van der Waals surface area (Å²) in [5, 5.41) is 5.59. The Morgan fingerprint density at radius 3 is 2.32 bits per heavy atom. The second kappa shape index (κ2) is 6.82. The summed E-state index contributed by atoms with van der Waals surface area (Å²) in [6.45, 7) is 0. The highest BCUT2D eigenvalue weighted by atomic mass is 35.5. The molecule has 25 heavy (non-hydrogen) atoms. The molecular weight excluding hydrogens is 399 g/mol. The maximum Gasteiger partial charge on any atom is 0.416 e. The molecule has 0 aliphatic rings. The van der Waals surface area contributed by atoms with E-state index in [4.69, 9.17) is 23.2 Å². The lowest BCUT2D eigenvalue weighted by Crippen LogP contribution is -2.05. The van der Waals surface area contributed by atoms with Crippen molar-refractivity contribution < 1.29 is 17.6 Å². The summed E-state index contributed by atoms with van der Waals surface area (Å²) in [4.78, 5) is 4.13. The Morgan fingerprint density at radius 2 is 1.68 bits per heavy atom. The van der Waals surface area contributed by atoms with Gasteiger partial charge in [-0.2, -0.15) is 13.2 Å². The van der Waals surface area contributed by atoms with Gasteiger partial charge in [-0.1, -0.05) is 23.2 Å². The monoisotopic (exact) mass is 406 g/mol. The van der Waals surface area contributed by atoms with Gasteiger partial charge < -0.3 is 5.32 Å². The Labute approximate surface area is 154 Å². The van der Waals surface area contributed by atoms with E-state index < -0.39 is 17.6 Å². The van der Waals surface area contributed by atoms with Crippen molar-refractivity contribution in [1.82, 2.24) is 4.98 Å². The fourth-order valence-electron chi connectivity index (χ4n) is 2.10. The maximum absolute atomic E-state index is 13.9. The highest BCUT2D eigenvalue weighted by Crippen LogP contribution is 2.35. The minimum atomic E-state index is -4.56. The van der Waals surface area contributed by atoms with E-state index in [1.54, 1.807) is 18.2 Å². The third-order valence-corrected chi connectivity index (χ3v) is 4.38. The van der Waals surface area contributed by atoms with E-state index in [9.17, 15) is 17.6 Å². The molecule has 0 bridgehead atoms. The summed E-state index contributed by atoms with van der Waals surface area (Å²) < 4.78 is 52.3. The van der Waals surface area contributed by atoms with Crippen LogP contribution in [0.25, 0.3) is 11.3 Å². The lowest BCUT2D eigenvalue weighted by Gasteiger charge is -2.08. The van der Waals surface area contributed by atoms with E-state index in [-0.39, 0.29) is 11.3 Å². The van der Waals surface area contributed by atoms with Crippen LogP contribution in [-0.2, 0) is 6.18 Å². The molecule has 130 valence electrons. The van der Waals surface area contributed by atoms with Gasteiger partial charge in [0.1, 0.15) is 5.82 Å². The molecule has 0 amide bonds. The van der Waals surface area contributed by atoms with E-state index in [0.717, 1.165) is 23.5 Å². The Hall–Kier alpha value is -1.83. The number of nitrogens with one attached hydrogen (secondary N) is 1. The van der Waals surface area contributed by atoms with Crippen LogP contribution in [0.2, 0.25) is 10.0 Å². The number of nitrogens with zero attached hydrogens (tertiary/aromatic N) is 1. The summed E-state index contributed by atoms with van der Waals surface area (Å²) in [5.41, 5.74) is -0.497. The molecule has 2 nitrogen and oxygen atoms in total. The van der Waals surface area contributed by atoms with Crippen molar-refractivity contribution in [3.8, 4) is 11.3 Å². The normalized spacial score (nSPS) is 11.6. The van der Waals surface area contributed by atoms with E-state index in [0.29, 0.717) is 26.9 Å². The smallest absolute Gasteiger partial charge is 0.331 e. The Bertz CT molecular complexity index is 904. The number of alkyl halides is 3. The van der Waals surface area contributed by atoms with Gasteiger partial charge in [0.15, 0.2) is 5.13 Å². The first-order chi connectivity index (χ1) is 11.7. The first-order valence-corrected chi connectivity index (χ1v) is 8.42. The average Bonchev–Trinajstić information content (AvgIpc) is 2.93. The van der Waals surface area contributed by atoms with Crippen LogP contribution in [0.3, 0.4) is 0 Å². The zero-order valence-electron chi connectivity index (χ0n) is 12.2. The van der Waals surface area contributed by atoms with Gasteiger partial charge >= 0.3 is 6.18 Å². The molecule has 2 aromatic carbocycles. The van der Waals surface area contributed by atoms with Crippen LogP contribution in [0.15, 0.2) is 41.8 Å². The Balaban J connectivity index is 1.91. The van der Waals surface area contributed by atoms with Gasteiger partial charge in [0.25, 0.3) is 0 Å². The molecule has 3 rings (SSSR count). The molecule has 0 spiro atoms. The molecule has 1 heterocycles. The van der Waals surface area contributed by atoms with Gasteiger partial charge in [0.2, 0.25) is 0 Å². The van der Waals surface area contributed by atoms with E-state index in [2.05, 4.69) is 10.3 Å². The van der Waals surface area contributed by atoms with Gasteiger partial charge in [0.05, 0.1) is 11.3 Å². The van der Waals surface area contributed by atoms with Crippen molar-refractivity contribution >= 4 is 45.4 Å². The maximum atomic E-state index is 13.9. The fraction of sp³-hybridized carbons (Fsp3) is 0.0625. The molecule has 3 aromatic rings. The highest BCUT2D eigenvalue weighted by Gasteiger charge is 2.31. The number of rotatable bonds is 3. The van der Waals surface area contributed by atoms with Crippen molar-refractivity contribution in [3.63, 3.8) is 0 Å². The minimum Gasteiger partial charge on any atom is -0.331 e. The first-order valence-electron chi connectivity index (χ1n) is 6.78. The topological polar surface area (TPSA) is 24.9 Å². The van der Waals surface area contributed by atoms with Crippen LogP contribution in [-0.4, -0.2) is 4.98 Å². The molecule has 9 heteroatoms. The molecular formula is C16H8Cl2F4N2S. The summed E-state index contributed by atoms with van der Waals surface area (Å²) >= 11 is 12.9. The average molecular weight is 407 g/mol. The number of benzene rings is 2. The fourth-order valence-corrected chi connectivity index (χ4v) is 3.36. The van der Waals surface area contributed by atoms with Gasteiger partial charge in [-0.05, 0) is 36.4 Å². The van der Waals surface area contributed by atoms with Crippen LogP contribution in [0.5, 0.6) is 0 Å². The van der Waals surface area contributed by atoms with E-state index in [1.807, 2.05) is 0 Å². The van der Waals surface area contributed by atoms with Gasteiger partial charge in [0, 0.05) is 26.7 Å². The van der Waals surface area contributed by atoms with Crippen LogP contribution in [0.1, 0.15) is 5.56 Å². The van der Waals surface area contributed by atoms with Crippen LogP contribution in [0, 0.1) is 5.82 Å². The molecule has 0 atom stereocenters. The molecule has 0 unspecified atom stereocenters. The highest BCUT2D eigenvalue weighted by molar-refractivity contribution is 7.14. The molecule has 1 aromatic heterocycles. The van der Waals surface area contributed by atoms with Gasteiger partial charge in [-0.3, -0.25) is 0 Å². The zero-order valence-corrected chi connectivity index (χ0v) is 14.5. The largest absolute Gasteiger partial charge is 0.416 e. The van der Waals surface area contributed by atoms with Crippen molar-refractivity contribution in [3.05, 3.63) is 63.2 Å². The van der Waals surface area contributed by atoms with Crippen molar-refractivity contribution in [2.75, 3.05) is 5.32 Å². The number of aromatic nitrogens is 1. The number of halogens is 6. The number of hydrogen-bond donors (Lipinski definition) is 1. The first kappa shape index (κ1) is 18.0. The molecule has 1 N–H and O–H groups in total. The third kappa shape index (κ3) is 4.23. The summed E-state index contributed by atoms with van der Waals surface area (Å²) in [5.74, 6) is -0.782.